The molecule has 0 bridgehead atoms. The Balaban J connectivity index is 0.000000640. The summed E-state index contributed by atoms with van der Waals surface area (Å²) in [5.74, 6) is -2.24. The van der Waals surface area contributed by atoms with Crippen LogP contribution in [0.4, 0.5) is 13.2 Å². The summed E-state index contributed by atoms with van der Waals surface area (Å²) in [4.78, 5) is 11.4. The van der Waals surface area contributed by atoms with Gasteiger partial charge in [0.05, 0.1) is 5.92 Å². The minimum absolute atomic E-state index is 0.337. The van der Waals surface area contributed by atoms with Gasteiger partial charge in [-0.3, -0.25) is 4.79 Å². The van der Waals surface area contributed by atoms with E-state index in [1.54, 1.807) is 18.2 Å². The van der Waals surface area contributed by atoms with E-state index in [0.717, 1.165) is 6.92 Å². The first-order valence-electron chi connectivity index (χ1n) is 8.28. The predicted octanol–water partition coefficient (Wildman–Crippen LogP) is 5.58. The molecule has 0 saturated carbocycles. The molecule has 24 heavy (non-hydrogen) atoms. The van der Waals surface area contributed by atoms with E-state index in [-0.39, 0.29) is 0 Å². The second-order valence-corrected chi connectivity index (χ2v) is 5.48. The molecule has 0 fully saturated rings. The number of hydrogen-bond donors (Lipinski definition) is 1. The molecule has 0 aliphatic rings. The zero-order valence-corrected chi connectivity index (χ0v) is 14.6. The average molecular weight is 344 g/mol. The third kappa shape index (κ3) is 10.8. The largest absolute Gasteiger partial charge is 0.396 e. The molecule has 0 aliphatic carbocycles. The van der Waals surface area contributed by atoms with E-state index in [1.165, 1.54) is 44.2 Å². The summed E-state index contributed by atoms with van der Waals surface area (Å²) < 4.78 is 36.3. The van der Waals surface area contributed by atoms with Crippen molar-refractivity contribution < 1.29 is 18.0 Å². The molecule has 1 rings (SSSR count). The SMILES string of the molecule is CC(/C=N/NC(=O)c1ccccc1)C(F)(F)F.CCCCCCC. The maximum Gasteiger partial charge on any atom is 0.396 e. The molecule has 3 nitrogen and oxygen atoms in total. The number of rotatable bonds is 7. The predicted molar refractivity (Wildman–Crippen MR) is 92.1 cm³/mol. The van der Waals surface area contributed by atoms with E-state index >= 15 is 0 Å². The van der Waals surface area contributed by atoms with Crippen molar-refractivity contribution >= 4 is 12.1 Å². The molecule has 0 saturated heterocycles. The van der Waals surface area contributed by atoms with Crippen LogP contribution in [0.3, 0.4) is 0 Å². The third-order valence-corrected chi connectivity index (χ3v) is 3.22. The summed E-state index contributed by atoms with van der Waals surface area (Å²) >= 11 is 0. The van der Waals surface area contributed by atoms with Crippen LogP contribution in [0.25, 0.3) is 0 Å². The van der Waals surface area contributed by atoms with Crippen molar-refractivity contribution in [3.05, 3.63) is 35.9 Å². The fourth-order valence-corrected chi connectivity index (χ4v) is 1.62. The van der Waals surface area contributed by atoms with Gasteiger partial charge < -0.3 is 0 Å². The zero-order valence-electron chi connectivity index (χ0n) is 14.6. The highest BCUT2D eigenvalue weighted by Gasteiger charge is 2.34. The minimum Gasteiger partial charge on any atom is -0.267 e. The highest BCUT2D eigenvalue weighted by Crippen LogP contribution is 2.23. The van der Waals surface area contributed by atoms with Crippen molar-refractivity contribution in [1.29, 1.82) is 0 Å². The Morgan fingerprint density at radius 3 is 2.12 bits per heavy atom. The number of halogens is 3. The maximum absolute atomic E-state index is 12.1. The van der Waals surface area contributed by atoms with Gasteiger partial charge in [0.2, 0.25) is 0 Å². The van der Waals surface area contributed by atoms with Gasteiger partial charge in [-0.05, 0) is 19.1 Å². The maximum atomic E-state index is 12.1. The molecule has 6 heteroatoms. The fourth-order valence-electron chi connectivity index (χ4n) is 1.62. The van der Waals surface area contributed by atoms with Gasteiger partial charge in [-0.15, -0.1) is 0 Å². The van der Waals surface area contributed by atoms with Gasteiger partial charge in [0.15, 0.2) is 0 Å². The minimum atomic E-state index is -4.35. The Labute approximate surface area is 142 Å². The van der Waals surface area contributed by atoms with Crippen molar-refractivity contribution in [2.45, 2.75) is 59.1 Å². The quantitative estimate of drug-likeness (QED) is 0.392. The van der Waals surface area contributed by atoms with Gasteiger partial charge >= 0.3 is 6.18 Å². The molecule has 1 N–H and O–H groups in total. The van der Waals surface area contributed by atoms with Gasteiger partial charge in [0.25, 0.3) is 5.91 Å². The molecule has 1 aromatic rings. The number of carbonyl (C=O) groups is 1. The van der Waals surface area contributed by atoms with E-state index in [1.807, 2.05) is 5.43 Å². The zero-order chi connectivity index (χ0) is 18.4. The first kappa shape index (κ1) is 22.1. The molecule has 0 spiro atoms. The summed E-state index contributed by atoms with van der Waals surface area (Å²) in [5, 5.41) is 3.27. The van der Waals surface area contributed by atoms with Crippen molar-refractivity contribution in [1.82, 2.24) is 5.43 Å². The number of carbonyl (C=O) groups excluding carboxylic acids is 1. The lowest BCUT2D eigenvalue weighted by Crippen LogP contribution is -2.24. The van der Waals surface area contributed by atoms with Gasteiger partial charge in [0.1, 0.15) is 0 Å². The Morgan fingerprint density at radius 1 is 1.12 bits per heavy atom. The van der Waals surface area contributed by atoms with Crippen LogP contribution in [0.2, 0.25) is 0 Å². The lowest BCUT2D eigenvalue weighted by Gasteiger charge is -2.09. The molecule has 0 radical (unpaired) electrons. The molecule has 1 aromatic carbocycles. The molecule has 1 amide bonds. The number of hydrogen-bond acceptors (Lipinski definition) is 2. The van der Waals surface area contributed by atoms with Crippen LogP contribution in [0.5, 0.6) is 0 Å². The number of nitrogens with one attached hydrogen (secondary N) is 1. The number of alkyl halides is 3. The second kappa shape index (κ2) is 12.6. The van der Waals surface area contributed by atoms with Crippen molar-refractivity contribution in [3.63, 3.8) is 0 Å². The molecule has 0 aromatic heterocycles. The molecule has 0 aliphatic heterocycles. The van der Waals surface area contributed by atoms with Gasteiger partial charge in [-0.1, -0.05) is 64.2 Å². The van der Waals surface area contributed by atoms with E-state index < -0.39 is 18.0 Å². The van der Waals surface area contributed by atoms with Crippen molar-refractivity contribution in [2.75, 3.05) is 0 Å². The van der Waals surface area contributed by atoms with Crippen LogP contribution >= 0.6 is 0 Å². The summed E-state index contributed by atoms with van der Waals surface area (Å²) in [7, 11) is 0. The first-order chi connectivity index (χ1) is 11.3. The highest BCUT2D eigenvalue weighted by molar-refractivity contribution is 5.94. The lowest BCUT2D eigenvalue weighted by molar-refractivity contribution is -0.149. The fraction of sp³-hybridized carbons (Fsp3) is 0.556. The Bertz CT molecular complexity index is 469. The van der Waals surface area contributed by atoms with Crippen LogP contribution in [-0.2, 0) is 0 Å². The number of amides is 1. The normalized spacial score (nSPS) is 12.4. The molecular weight excluding hydrogens is 317 g/mol. The molecule has 1 atom stereocenters. The van der Waals surface area contributed by atoms with Crippen LogP contribution in [0, 0.1) is 5.92 Å². The molecule has 136 valence electrons. The number of hydrazone groups is 1. The van der Waals surface area contributed by atoms with E-state index in [0.29, 0.717) is 11.8 Å². The Kier molecular flexibility index (Phi) is 11.6. The van der Waals surface area contributed by atoms with Crippen LogP contribution in [-0.4, -0.2) is 18.3 Å². The number of benzene rings is 1. The van der Waals surface area contributed by atoms with Gasteiger partial charge in [0, 0.05) is 11.8 Å². The molecular formula is C18H27F3N2O. The highest BCUT2D eigenvalue weighted by atomic mass is 19.4. The van der Waals surface area contributed by atoms with Gasteiger partial charge in [-0.25, -0.2) is 5.43 Å². The summed E-state index contributed by atoms with van der Waals surface area (Å²) in [5.41, 5.74) is 2.37. The topological polar surface area (TPSA) is 41.5 Å². The monoisotopic (exact) mass is 344 g/mol. The first-order valence-corrected chi connectivity index (χ1v) is 8.28. The number of unbranched alkanes of at least 4 members (excludes halogenated alkanes) is 4. The van der Waals surface area contributed by atoms with E-state index in [9.17, 15) is 18.0 Å². The van der Waals surface area contributed by atoms with Crippen molar-refractivity contribution in [3.8, 4) is 0 Å². The summed E-state index contributed by atoms with van der Waals surface area (Å²) in [6, 6.07) is 8.11. The van der Waals surface area contributed by atoms with Crippen LogP contribution in [0.15, 0.2) is 35.4 Å². The van der Waals surface area contributed by atoms with Crippen LogP contribution in [0.1, 0.15) is 63.2 Å². The standard InChI is InChI=1S/C11H11F3N2O.C7H16/c1-8(11(12,13)14)7-15-16-10(17)9-5-3-2-4-6-9;1-3-5-7-6-4-2/h2-8H,1H3,(H,16,17);3-7H2,1-2H3/b15-7+;. The molecule has 1 unspecified atom stereocenters. The van der Waals surface area contributed by atoms with E-state index in [4.69, 9.17) is 0 Å². The van der Waals surface area contributed by atoms with Crippen LogP contribution < -0.4 is 5.43 Å². The number of nitrogens with zero attached hydrogens (tertiary/aromatic N) is 1. The smallest absolute Gasteiger partial charge is 0.267 e. The van der Waals surface area contributed by atoms with Gasteiger partial charge in [-0.2, -0.15) is 18.3 Å². The lowest BCUT2D eigenvalue weighted by atomic mass is 10.2. The average Bonchev–Trinajstić information content (AvgIpc) is 2.55. The third-order valence-electron chi connectivity index (χ3n) is 3.22. The Hall–Kier alpha value is -1.85. The molecule has 0 heterocycles. The summed E-state index contributed by atoms with van der Waals surface area (Å²) in [6.45, 7) is 5.45. The Morgan fingerprint density at radius 2 is 1.67 bits per heavy atom. The second-order valence-electron chi connectivity index (χ2n) is 5.48. The van der Waals surface area contributed by atoms with E-state index in [2.05, 4.69) is 18.9 Å². The van der Waals surface area contributed by atoms with Crippen molar-refractivity contribution in [2.24, 2.45) is 11.0 Å². The summed E-state index contributed by atoms with van der Waals surface area (Å²) in [6.07, 6.45) is 3.32.